The number of nitrogens with one attached hydrogen (secondary N) is 1. The van der Waals surface area contributed by atoms with E-state index < -0.39 is 5.97 Å². The standard InChI is InChI=1S/C10H19NO2/c1-2-8(6-10(12)13)9-4-3-5-11-7-9/h8-9,11H,2-7H2,1H3,(H,12,13). The number of hydrogen-bond acceptors (Lipinski definition) is 2. The van der Waals surface area contributed by atoms with Gasteiger partial charge in [0.2, 0.25) is 0 Å². The summed E-state index contributed by atoms with van der Waals surface area (Å²) >= 11 is 0. The summed E-state index contributed by atoms with van der Waals surface area (Å²) in [5.74, 6) is 0.289. The molecule has 0 bridgehead atoms. The van der Waals surface area contributed by atoms with Gasteiger partial charge in [0.1, 0.15) is 0 Å². The summed E-state index contributed by atoms with van der Waals surface area (Å²) in [4.78, 5) is 10.6. The Balaban J connectivity index is 2.39. The second-order valence-electron chi connectivity index (χ2n) is 3.87. The van der Waals surface area contributed by atoms with Crippen LogP contribution in [0.2, 0.25) is 0 Å². The highest BCUT2D eigenvalue weighted by atomic mass is 16.4. The van der Waals surface area contributed by atoms with Gasteiger partial charge in [-0.05, 0) is 37.8 Å². The van der Waals surface area contributed by atoms with Gasteiger partial charge in [-0.1, -0.05) is 13.3 Å². The molecule has 1 heterocycles. The van der Waals surface area contributed by atoms with Crippen molar-refractivity contribution in [2.75, 3.05) is 13.1 Å². The molecule has 0 aromatic carbocycles. The van der Waals surface area contributed by atoms with Crippen molar-refractivity contribution in [3.8, 4) is 0 Å². The second-order valence-corrected chi connectivity index (χ2v) is 3.87. The fourth-order valence-electron chi connectivity index (χ4n) is 2.15. The monoisotopic (exact) mass is 185 g/mol. The summed E-state index contributed by atoms with van der Waals surface area (Å²) in [5, 5.41) is 12.1. The van der Waals surface area contributed by atoms with E-state index in [4.69, 9.17) is 5.11 Å². The van der Waals surface area contributed by atoms with Gasteiger partial charge in [-0.15, -0.1) is 0 Å². The van der Waals surface area contributed by atoms with Crippen LogP contribution in [-0.4, -0.2) is 24.2 Å². The van der Waals surface area contributed by atoms with Crippen LogP contribution in [-0.2, 0) is 4.79 Å². The van der Waals surface area contributed by atoms with Gasteiger partial charge in [0, 0.05) is 6.42 Å². The van der Waals surface area contributed by atoms with E-state index >= 15 is 0 Å². The Labute approximate surface area is 79.5 Å². The van der Waals surface area contributed by atoms with Crippen molar-refractivity contribution in [3.63, 3.8) is 0 Å². The lowest BCUT2D eigenvalue weighted by atomic mass is 9.82. The molecule has 0 aliphatic carbocycles. The minimum atomic E-state index is -0.655. The van der Waals surface area contributed by atoms with Crippen LogP contribution in [0.25, 0.3) is 0 Å². The zero-order valence-corrected chi connectivity index (χ0v) is 8.25. The molecule has 13 heavy (non-hydrogen) atoms. The number of aliphatic carboxylic acids is 1. The molecule has 76 valence electrons. The van der Waals surface area contributed by atoms with Crippen LogP contribution >= 0.6 is 0 Å². The summed E-state index contributed by atoms with van der Waals surface area (Å²) in [6.45, 7) is 4.19. The fraction of sp³-hybridized carbons (Fsp3) is 0.900. The summed E-state index contributed by atoms with van der Waals surface area (Å²) in [6.07, 6.45) is 3.71. The van der Waals surface area contributed by atoms with Gasteiger partial charge in [-0.25, -0.2) is 0 Å². The third-order valence-corrected chi connectivity index (χ3v) is 2.96. The van der Waals surface area contributed by atoms with Crippen molar-refractivity contribution in [2.45, 2.75) is 32.6 Å². The van der Waals surface area contributed by atoms with E-state index in [1.807, 2.05) is 0 Å². The van der Waals surface area contributed by atoms with E-state index in [0.717, 1.165) is 19.5 Å². The topological polar surface area (TPSA) is 49.3 Å². The average molecular weight is 185 g/mol. The van der Waals surface area contributed by atoms with Crippen LogP contribution in [0.15, 0.2) is 0 Å². The molecule has 1 saturated heterocycles. The molecule has 0 aromatic rings. The van der Waals surface area contributed by atoms with Crippen LogP contribution in [0, 0.1) is 11.8 Å². The van der Waals surface area contributed by atoms with Crippen LogP contribution in [0.1, 0.15) is 32.6 Å². The molecule has 2 unspecified atom stereocenters. The van der Waals surface area contributed by atoms with Crippen LogP contribution in [0.3, 0.4) is 0 Å². The third kappa shape index (κ3) is 3.35. The summed E-state index contributed by atoms with van der Waals surface area (Å²) in [5.41, 5.74) is 0. The summed E-state index contributed by atoms with van der Waals surface area (Å²) < 4.78 is 0. The molecule has 0 saturated carbocycles. The van der Waals surface area contributed by atoms with Crippen molar-refractivity contribution in [1.82, 2.24) is 5.32 Å². The highest BCUT2D eigenvalue weighted by molar-refractivity contribution is 5.67. The predicted octanol–water partition coefficient (Wildman–Crippen LogP) is 1.49. The highest BCUT2D eigenvalue weighted by Gasteiger charge is 2.23. The van der Waals surface area contributed by atoms with Crippen molar-refractivity contribution < 1.29 is 9.90 Å². The smallest absolute Gasteiger partial charge is 0.303 e. The van der Waals surface area contributed by atoms with Gasteiger partial charge < -0.3 is 10.4 Å². The van der Waals surface area contributed by atoms with Crippen molar-refractivity contribution in [2.24, 2.45) is 11.8 Å². The minimum Gasteiger partial charge on any atom is -0.481 e. The van der Waals surface area contributed by atoms with E-state index in [1.165, 1.54) is 12.8 Å². The second kappa shape index (κ2) is 5.22. The molecule has 0 spiro atoms. The lowest BCUT2D eigenvalue weighted by molar-refractivity contribution is -0.138. The Kier molecular flexibility index (Phi) is 4.22. The first-order valence-corrected chi connectivity index (χ1v) is 5.16. The predicted molar refractivity (Wildman–Crippen MR) is 51.6 cm³/mol. The average Bonchev–Trinajstić information content (AvgIpc) is 2.15. The van der Waals surface area contributed by atoms with E-state index in [-0.39, 0.29) is 0 Å². The lowest BCUT2D eigenvalue weighted by Gasteiger charge is -2.29. The van der Waals surface area contributed by atoms with Gasteiger partial charge in [-0.3, -0.25) is 4.79 Å². The molecule has 0 radical (unpaired) electrons. The zero-order valence-electron chi connectivity index (χ0n) is 8.25. The number of piperidine rings is 1. The molecule has 3 nitrogen and oxygen atoms in total. The Morgan fingerprint density at radius 2 is 2.46 bits per heavy atom. The first kappa shape index (κ1) is 10.5. The number of carboxylic acids is 1. The normalized spacial score (nSPS) is 25.5. The number of carbonyl (C=O) groups is 1. The van der Waals surface area contributed by atoms with Gasteiger partial charge in [0.05, 0.1) is 0 Å². The van der Waals surface area contributed by atoms with Crippen LogP contribution in [0.4, 0.5) is 0 Å². The number of rotatable bonds is 4. The maximum atomic E-state index is 10.6. The number of carboxylic acid groups (broad SMARTS) is 1. The molecular weight excluding hydrogens is 166 g/mol. The lowest BCUT2D eigenvalue weighted by Crippen LogP contribution is -2.34. The molecule has 1 fully saturated rings. The van der Waals surface area contributed by atoms with Crippen molar-refractivity contribution >= 4 is 5.97 Å². The van der Waals surface area contributed by atoms with Gasteiger partial charge >= 0.3 is 5.97 Å². The molecule has 1 rings (SSSR count). The van der Waals surface area contributed by atoms with E-state index in [0.29, 0.717) is 18.3 Å². The Morgan fingerprint density at radius 3 is 2.92 bits per heavy atom. The Bertz CT molecular complexity index is 164. The quantitative estimate of drug-likeness (QED) is 0.697. The summed E-state index contributed by atoms with van der Waals surface area (Å²) in [6, 6.07) is 0. The molecular formula is C10H19NO2. The Morgan fingerprint density at radius 1 is 1.69 bits per heavy atom. The molecule has 2 atom stereocenters. The summed E-state index contributed by atoms with van der Waals surface area (Å²) in [7, 11) is 0. The molecule has 1 aliphatic rings. The van der Waals surface area contributed by atoms with Gasteiger partial charge in [0.15, 0.2) is 0 Å². The largest absolute Gasteiger partial charge is 0.481 e. The van der Waals surface area contributed by atoms with Crippen molar-refractivity contribution in [1.29, 1.82) is 0 Å². The van der Waals surface area contributed by atoms with Gasteiger partial charge in [0.25, 0.3) is 0 Å². The first-order chi connectivity index (χ1) is 6.24. The van der Waals surface area contributed by atoms with Crippen molar-refractivity contribution in [3.05, 3.63) is 0 Å². The molecule has 1 aliphatic heterocycles. The molecule has 3 heteroatoms. The molecule has 0 amide bonds. The SMILES string of the molecule is CCC(CC(=O)O)C1CCCNC1. The van der Waals surface area contributed by atoms with Crippen LogP contribution < -0.4 is 5.32 Å². The number of hydrogen-bond donors (Lipinski definition) is 2. The minimum absolute atomic E-state index is 0.336. The molecule has 0 aromatic heterocycles. The van der Waals surface area contributed by atoms with E-state index in [9.17, 15) is 4.79 Å². The highest BCUT2D eigenvalue weighted by Crippen LogP contribution is 2.25. The maximum Gasteiger partial charge on any atom is 0.303 e. The molecule has 2 N–H and O–H groups in total. The van der Waals surface area contributed by atoms with E-state index in [2.05, 4.69) is 12.2 Å². The van der Waals surface area contributed by atoms with Crippen LogP contribution in [0.5, 0.6) is 0 Å². The Hall–Kier alpha value is -0.570. The fourth-order valence-corrected chi connectivity index (χ4v) is 2.15. The zero-order chi connectivity index (χ0) is 9.68. The van der Waals surface area contributed by atoms with Gasteiger partial charge in [-0.2, -0.15) is 0 Å². The van der Waals surface area contributed by atoms with E-state index in [1.54, 1.807) is 0 Å². The maximum absolute atomic E-state index is 10.6. The third-order valence-electron chi connectivity index (χ3n) is 2.96. The first-order valence-electron chi connectivity index (χ1n) is 5.16.